The standard InChI is InChI=1S/C13H17N3.C7H11Cl/c1-14-16(13-8-5-9-15-10-13)11-12-6-3-2-4-7-12;1-3-7(2)5-4-6-8/h2-4,6-7,10,15H,1,5,8-9,11H2;3-5H,6H2,1-2H3/b;5-4-,7-3-. The molecule has 0 spiro atoms. The maximum absolute atomic E-state index is 5.39. The lowest BCUT2D eigenvalue weighted by molar-refractivity contribution is 0.334. The quantitative estimate of drug-likeness (QED) is 0.337. The Hall–Kier alpha value is -2.00. The fourth-order valence-electron chi connectivity index (χ4n) is 2.16. The predicted octanol–water partition coefficient (Wildman–Crippen LogP) is 5.08. The fourth-order valence-corrected chi connectivity index (χ4v) is 2.25. The molecule has 4 heteroatoms. The van der Waals surface area contributed by atoms with Gasteiger partial charge in [0.05, 0.1) is 12.2 Å². The fraction of sp³-hybridized carbons (Fsp3) is 0.350. The van der Waals surface area contributed by atoms with Gasteiger partial charge in [-0.15, -0.1) is 11.6 Å². The molecule has 1 aromatic carbocycles. The van der Waals surface area contributed by atoms with Gasteiger partial charge in [0.25, 0.3) is 0 Å². The number of nitrogens with one attached hydrogen (secondary N) is 1. The van der Waals surface area contributed by atoms with Crippen molar-refractivity contribution in [2.24, 2.45) is 5.10 Å². The summed E-state index contributed by atoms with van der Waals surface area (Å²) in [4.78, 5) is 0. The number of rotatable bonds is 6. The number of hydrazone groups is 1. The van der Waals surface area contributed by atoms with E-state index in [1.165, 1.54) is 16.8 Å². The second-order valence-electron chi connectivity index (χ2n) is 5.47. The molecule has 2 rings (SSSR count). The van der Waals surface area contributed by atoms with E-state index in [2.05, 4.69) is 29.3 Å². The van der Waals surface area contributed by atoms with Gasteiger partial charge in [0.15, 0.2) is 0 Å². The van der Waals surface area contributed by atoms with Crippen LogP contribution in [0.1, 0.15) is 32.3 Å². The molecule has 0 amide bonds. The first-order chi connectivity index (χ1) is 11.7. The molecule has 130 valence electrons. The van der Waals surface area contributed by atoms with Crippen LogP contribution in [0, 0.1) is 0 Å². The first-order valence-corrected chi connectivity index (χ1v) is 8.80. The molecule has 1 N–H and O–H groups in total. The van der Waals surface area contributed by atoms with E-state index in [-0.39, 0.29) is 0 Å². The van der Waals surface area contributed by atoms with Crippen LogP contribution in [0.15, 0.2) is 71.1 Å². The van der Waals surface area contributed by atoms with Crippen LogP contribution in [0.25, 0.3) is 0 Å². The zero-order valence-electron chi connectivity index (χ0n) is 14.7. The summed E-state index contributed by atoms with van der Waals surface area (Å²) in [5.41, 5.74) is 3.72. The van der Waals surface area contributed by atoms with E-state index in [1.807, 2.05) is 61.5 Å². The second kappa shape index (κ2) is 12.4. The van der Waals surface area contributed by atoms with E-state index in [0.29, 0.717) is 5.88 Å². The summed E-state index contributed by atoms with van der Waals surface area (Å²) >= 11 is 5.39. The van der Waals surface area contributed by atoms with Gasteiger partial charge in [-0.25, -0.2) is 0 Å². The van der Waals surface area contributed by atoms with Gasteiger partial charge in [-0.1, -0.05) is 54.1 Å². The van der Waals surface area contributed by atoms with Crippen LogP contribution in [-0.2, 0) is 6.54 Å². The van der Waals surface area contributed by atoms with Crippen molar-refractivity contribution in [1.29, 1.82) is 0 Å². The van der Waals surface area contributed by atoms with E-state index in [1.54, 1.807) is 0 Å². The summed E-state index contributed by atoms with van der Waals surface area (Å²) in [6.45, 7) is 9.54. The third kappa shape index (κ3) is 8.02. The topological polar surface area (TPSA) is 27.6 Å². The minimum Gasteiger partial charge on any atom is -0.389 e. The van der Waals surface area contributed by atoms with Gasteiger partial charge >= 0.3 is 0 Å². The van der Waals surface area contributed by atoms with Gasteiger partial charge in [0.2, 0.25) is 0 Å². The number of allylic oxidation sites excluding steroid dienone is 5. The highest BCUT2D eigenvalue weighted by Gasteiger charge is 2.10. The van der Waals surface area contributed by atoms with E-state index < -0.39 is 0 Å². The molecule has 1 aromatic rings. The van der Waals surface area contributed by atoms with Crippen LogP contribution in [0.4, 0.5) is 0 Å². The summed E-state index contributed by atoms with van der Waals surface area (Å²) in [6.07, 6.45) is 10.2. The molecule has 24 heavy (non-hydrogen) atoms. The first-order valence-electron chi connectivity index (χ1n) is 8.27. The van der Waals surface area contributed by atoms with Gasteiger partial charge in [0, 0.05) is 25.3 Å². The first kappa shape index (κ1) is 20.0. The van der Waals surface area contributed by atoms with Crippen LogP contribution >= 0.6 is 11.6 Å². The van der Waals surface area contributed by atoms with Gasteiger partial charge in [-0.2, -0.15) is 5.10 Å². The number of hydrogen-bond donors (Lipinski definition) is 1. The maximum atomic E-state index is 5.39. The monoisotopic (exact) mass is 345 g/mol. The maximum Gasteiger partial charge on any atom is 0.0662 e. The Bertz CT molecular complexity index is 562. The lowest BCUT2D eigenvalue weighted by atomic mass is 10.1. The average molecular weight is 346 g/mol. The molecular formula is C20H28ClN3. The Morgan fingerprint density at radius 2 is 2.12 bits per heavy atom. The third-order valence-electron chi connectivity index (χ3n) is 3.63. The van der Waals surface area contributed by atoms with Crippen molar-refractivity contribution in [3.8, 4) is 0 Å². The minimum absolute atomic E-state index is 0.602. The van der Waals surface area contributed by atoms with Crippen LogP contribution in [0.2, 0.25) is 0 Å². The lowest BCUT2D eigenvalue weighted by Gasteiger charge is -2.24. The SMILES string of the molecule is C/C=C(C)\C=C/CCl.C=NN(Cc1ccccc1)C1=CNCCC1. The van der Waals surface area contributed by atoms with Crippen molar-refractivity contribution in [1.82, 2.24) is 10.3 Å². The van der Waals surface area contributed by atoms with Crippen molar-refractivity contribution in [2.75, 3.05) is 12.4 Å². The average Bonchev–Trinajstić information content (AvgIpc) is 2.66. The molecule has 0 unspecified atom stereocenters. The molecule has 0 saturated heterocycles. The zero-order chi connectivity index (χ0) is 17.6. The predicted molar refractivity (Wildman–Crippen MR) is 106 cm³/mol. The molecule has 0 saturated carbocycles. The highest BCUT2D eigenvalue weighted by molar-refractivity contribution is 6.18. The summed E-state index contributed by atoms with van der Waals surface area (Å²) in [5.74, 6) is 0.602. The van der Waals surface area contributed by atoms with Crippen molar-refractivity contribution >= 4 is 18.3 Å². The molecule has 1 heterocycles. The number of alkyl halides is 1. The van der Waals surface area contributed by atoms with Gasteiger partial charge < -0.3 is 5.32 Å². The van der Waals surface area contributed by atoms with E-state index in [4.69, 9.17) is 11.6 Å². The highest BCUT2D eigenvalue weighted by atomic mass is 35.5. The highest BCUT2D eigenvalue weighted by Crippen LogP contribution is 2.17. The molecule has 0 aromatic heterocycles. The van der Waals surface area contributed by atoms with E-state index >= 15 is 0 Å². The smallest absolute Gasteiger partial charge is 0.0662 e. The largest absolute Gasteiger partial charge is 0.389 e. The Morgan fingerprint density at radius 3 is 2.67 bits per heavy atom. The normalized spacial score (nSPS) is 14.3. The molecule has 3 nitrogen and oxygen atoms in total. The summed E-state index contributed by atoms with van der Waals surface area (Å²) < 4.78 is 0. The number of hydrogen-bond acceptors (Lipinski definition) is 3. The van der Waals surface area contributed by atoms with Crippen LogP contribution in [0.3, 0.4) is 0 Å². The molecule has 0 fully saturated rings. The van der Waals surface area contributed by atoms with E-state index in [9.17, 15) is 0 Å². The Balaban J connectivity index is 0.000000307. The molecule has 1 aliphatic rings. The zero-order valence-corrected chi connectivity index (χ0v) is 15.5. The number of nitrogens with zero attached hydrogens (tertiary/aromatic N) is 2. The van der Waals surface area contributed by atoms with E-state index in [0.717, 1.165) is 25.9 Å². The van der Waals surface area contributed by atoms with Gasteiger partial charge in [-0.3, -0.25) is 5.01 Å². The number of benzene rings is 1. The molecular weight excluding hydrogens is 318 g/mol. The molecule has 1 aliphatic heterocycles. The van der Waals surface area contributed by atoms with Crippen LogP contribution in [0.5, 0.6) is 0 Å². The molecule has 0 radical (unpaired) electrons. The Morgan fingerprint density at radius 1 is 1.38 bits per heavy atom. The van der Waals surface area contributed by atoms with Crippen LogP contribution in [-0.4, -0.2) is 24.2 Å². The van der Waals surface area contributed by atoms with Crippen LogP contribution < -0.4 is 5.32 Å². The Kier molecular flexibility index (Phi) is 10.4. The second-order valence-corrected chi connectivity index (χ2v) is 5.78. The van der Waals surface area contributed by atoms with Gasteiger partial charge in [-0.05, 0) is 32.3 Å². The molecule has 0 bridgehead atoms. The minimum atomic E-state index is 0.602. The number of halogens is 1. The van der Waals surface area contributed by atoms with Crippen molar-refractivity contribution < 1.29 is 0 Å². The van der Waals surface area contributed by atoms with Crippen molar-refractivity contribution in [3.63, 3.8) is 0 Å². The summed E-state index contributed by atoms with van der Waals surface area (Å²) in [7, 11) is 0. The lowest BCUT2D eigenvalue weighted by Crippen LogP contribution is -2.23. The van der Waals surface area contributed by atoms with Crippen molar-refractivity contribution in [2.45, 2.75) is 33.2 Å². The summed E-state index contributed by atoms with van der Waals surface area (Å²) in [5, 5.41) is 9.29. The summed E-state index contributed by atoms with van der Waals surface area (Å²) in [6, 6.07) is 10.3. The van der Waals surface area contributed by atoms with Gasteiger partial charge in [0.1, 0.15) is 0 Å². The Labute approximate surface area is 151 Å². The van der Waals surface area contributed by atoms with Crippen molar-refractivity contribution in [3.05, 3.63) is 71.6 Å². The molecule has 0 aliphatic carbocycles. The molecule has 0 atom stereocenters. The third-order valence-corrected chi connectivity index (χ3v) is 3.80.